The third-order valence-corrected chi connectivity index (χ3v) is 4.17. The van der Waals surface area contributed by atoms with Crippen molar-refractivity contribution in [3.05, 3.63) is 29.3 Å². The van der Waals surface area contributed by atoms with Gasteiger partial charge in [0, 0.05) is 5.56 Å². The number of methoxy groups -OCH3 is 1. The maximum absolute atomic E-state index is 12.7. The molecule has 1 aromatic carbocycles. The monoisotopic (exact) mass is 303 g/mol. The molecule has 0 radical (unpaired) electrons. The second-order valence-corrected chi connectivity index (χ2v) is 5.52. The van der Waals surface area contributed by atoms with E-state index < -0.39 is 23.9 Å². The Labute approximate surface area is 121 Å². The molecule has 1 saturated carbocycles. The van der Waals surface area contributed by atoms with E-state index in [0.29, 0.717) is 5.56 Å². The summed E-state index contributed by atoms with van der Waals surface area (Å²) in [4.78, 5) is 0. The molecule has 2 rings (SSSR count). The minimum Gasteiger partial charge on any atom is -0.496 e. The lowest BCUT2D eigenvalue weighted by atomic mass is 9.90. The van der Waals surface area contributed by atoms with Crippen molar-refractivity contribution in [1.82, 2.24) is 0 Å². The lowest BCUT2D eigenvalue weighted by Gasteiger charge is -2.26. The summed E-state index contributed by atoms with van der Waals surface area (Å²) in [5.74, 6) is 0.168. The molecule has 0 aliphatic heterocycles. The first-order chi connectivity index (χ1) is 9.84. The van der Waals surface area contributed by atoms with Gasteiger partial charge in [0.15, 0.2) is 0 Å². The topological polar surface area (TPSA) is 55.5 Å². The van der Waals surface area contributed by atoms with E-state index in [4.69, 9.17) is 10.5 Å². The Bertz CT molecular complexity index is 484. The zero-order valence-corrected chi connectivity index (χ0v) is 11.9. The first-order valence-electron chi connectivity index (χ1n) is 7.03. The molecule has 0 bridgehead atoms. The van der Waals surface area contributed by atoms with Crippen LogP contribution in [0.1, 0.15) is 42.9 Å². The molecule has 3 nitrogen and oxygen atoms in total. The van der Waals surface area contributed by atoms with Gasteiger partial charge in [0.05, 0.1) is 24.8 Å². The average Bonchev–Trinajstić information content (AvgIpc) is 2.98. The normalized spacial score (nSPS) is 19.5. The van der Waals surface area contributed by atoms with Crippen molar-refractivity contribution in [1.29, 1.82) is 0 Å². The molecule has 118 valence electrons. The summed E-state index contributed by atoms with van der Waals surface area (Å²) in [5.41, 5.74) is 5.66. The van der Waals surface area contributed by atoms with E-state index in [2.05, 4.69) is 0 Å². The molecule has 0 spiro atoms. The van der Waals surface area contributed by atoms with Gasteiger partial charge >= 0.3 is 6.18 Å². The van der Waals surface area contributed by atoms with Crippen LogP contribution in [0.2, 0.25) is 0 Å². The number of rotatable bonds is 4. The van der Waals surface area contributed by atoms with Gasteiger partial charge < -0.3 is 15.6 Å². The number of nitrogens with two attached hydrogens (primary N) is 1. The molecular formula is C15H20F3NO2. The fraction of sp³-hybridized carbons (Fsp3) is 0.600. The highest BCUT2D eigenvalue weighted by molar-refractivity contribution is 5.41. The smallest absolute Gasteiger partial charge is 0.416 e. The first kappa shape index (κ1) is 16.1. The third-order valence-electron chi connectivity index (χ3n) is 4.17. The molecule has 1 aliphatic rings. The van der Waals surface area contributed by atoms with E-state index in [1.165, 1.54) is 13.2 Å². The van der Waals surface area contributed by atoms with Gasteiger partial charge in [0.25, 0.3) is 0 Å². The van der Waals surface area contributed by atoms with Crippen LogP contribution in [-0.2, 0) is 6.18 Å². The number of ether oxygens (including phenoxy) is 1. The summed E-state index contributed by atoms with van der Waals surface area (Å²) in [6.07, 6.45) is -1.29. The van der Waals surface area contributed by atoms with Crippen LogP contribution in [0.4, 0.5) is 13.2 Å². The molecule has 0 unspecified atom stereocenters. The van der Waals surface area contributed by atoms with Crippen LogP contribution in [0, 0.1) is 5.92 Å². The highest BCUT2D eigenvalue weighted by atomic mass is 19.4. The Balaban J connectivity index is 2.25. The third kappa shape index (κ3) is 3.49. The number of alkyl halides is 3. The van der Waals surface area contributed by atoms with Gasteiger partial charge in [-0.05, 0) is 30.9 Å². The number of hydrogen-bond acceptors (Lipinski definition) is 3. The molecule has 21 heavy (non-hydrogen) atoms. The number of hydrogen-bond donors (Lipinski definition) is 2. The zero-order chi connectivity index (χ0) is 15.6. The SMILES string of the molecule is COc1cc(C(F)(F)F)ccc1[C@H](N)[C@H](O)C1CCCC1. The van der Waals surface area contributed by atoms with Crippen molar-refractivity contribution in [2.75, 3.05) is 7.11 Å². The van der Waals surface area contributed by atoms with Crippen LogP contribution >= 0.6 is 0 Å². The quantitative estimate of drug-likeness (QED) is 0.897. The van der Waals surface area contributed by atoms with Crippen molar-refractivity contribution in [2.24, 2.45) is 11.7 Å². The Kier molecular flexibility index (Phi) is 4.78. The second kappa shape index (κ2) is 6.23. The molecule has 6 heteroatoms. The lowest BCUT2D eigenvalue weighted by molar-refractivity contribution is -0.137. The average molecular weight is 303 g/mol. The molecule has 0 heterocycles. The maximum Gasteiger partial charge on any atom is 0.416 e. The summed E-state index contributed by atoms with van der Waals surface area (Å²) in [7, 11) is 1.30. The van der Waals surface area contributed by atoms with Crippen LogP contribution in [-0.4, -0.2) is 18.3 Å². The van der Waals surface area contributed by atoms with E-state index in [0.717, 1.165) is 37.8 Å². The molecule has 1 fully saturated rings. The molecule has 1 aromatic rings. The van der Waals surface area contributed by atoms with Gasteiger partial charge in [0.1, 0.15) is 5.75 Å². The highest BCUT2D eigenvalue weighted by Gasteiger charge is 2.34. The summed E-state index contributed by atoms with van der Waals surface area (Å²) in [6, 6.07) is 2.45. The number of benzene rings is 1. The van der Waals surface area contributed by atoms with Gasteiger partial charge in [0.2, 0.25) is 0 Å². The van der Waals surface area contributed by atoms with Crippen LogP contribution in [0.5, 0.6) is 5.75 Å². The van der Waals surface area contributed by atoms with Gasteiger partial charge in [-0.3, -0.25) is 0 Å². The van der Waals surface area contributed by atoms with Crippen molar-refractivity contribution >= 4 is 0 Å². The largest absolute Gasteiger partial charge is 0.496 e. The van der Waals surface area contributed by atoms with E-state index in [-0.39, 0.29) is 11.7 Å². The lowest BCUT2D eigenvalue weighted by Crippen LogP contribution is -2.32. The highest BCUT2D eigenvalue weighted by Crippen LogP contribution is 2.38. The van der Waals surface area contributed by atoms with Gasteiger partial charge in [-0.2, -0.15) is 13.2 Å². The number of aliphatic hydroxyl groups is 1. The maximum atomic E-state index is 12.7. The van der Waals surface area contributed by atoms with E-state index >= 15 is 0 Å². The van der Waals surface area contributed by atoms with Gasteiger partial charge in [-0.1, -0.05) is 18.9 Å². The number of aliphatic hydroxyl groups excluding tert-OH is 1. The van der Waals surface area contributed by atoms with Gasteiger partial charge in [-0.15, -0.1) is 0 Å². The Morgan fingerprint density at radius 3 is 2.43 bits per heavy atom. The molecule has 0 aromatic heterocycles. The zero-order valence-electron chi connectivity index (χ0n) is 11.9. The van der Waals surface area contributed by atoms with Crippen LogP contribution < -0.4 is 10.5 Å². The van der Waals surface area contributed by atoms with Crippen molar-refractivity contribution < 1.29 is 23.0 Å². The van der Waals surface area contributed by atoms with Gasteiger partial charge in [-0.25, -0.2) is 0 Å². The summed E-state index contributed by atoms with van der Waals surface area (Å²) >= 11 is 0. The van der Waals surface area contributed by atoms with E-state index in [1.807, 2.05) is 0 Å². The Hall–Kier alpha value is -1.27. The molecule has 3 N–H and O–H groups in total. The van der Waals surface area contributed by atoms with Crippen molar-refractivity contribution in [3.63, 3.8) is 0 Å². The summed E-state index contributed by atoms with van der Waals surface area (Å²) in [6.45, 7) is 0. The predicted molar refractivity (Wildman–Crippen MR) is 72.9 cm³/mol. The molecule has 2 atom stereocenters. The van der Waals surface area contributed by atoms with Crippen LogP contribution in [0.25, 0.3) is 0 Å². The first-order valence-corrected chi connectivity index (χ1v) is 7.03. The van der Waals surface area contributed by atoms with E-state index in [9.17, 15) is 18.3 Å². The summed E-state index contributed by atoms with van der Waals surface area (Å²) < 4.78 is 43.1. The van der Waals surface area contributed by atoms with Crippen molar-refractivity contribution in [3.8, 4) is 5.75 Å². The Morgan fingerprint density at radius 2 is 1.90 bits per heavy atom. The molecule has 0 saturated heterocycles. The standard InChI is InChI=1S/C15H20F3NO2/c1-21-12-8-10(15(16,17)18)6-7-11(12)13(19)14(20)9-4-2-3-5-9/h6-9,13-14,20H,2-5,19H2,1H3/t13-,14+/m0/s1. The van der Waals surface area contributed by atoms with Crippen LogP contribution in [0.3, 0.4) is 0 Å². The fourth-order valence-corrected chi connectivity index (χ4v) is 2.94. The van der Waals surface area contributed by atoms with Crippen molar-refractivity contribution in [2.45, 2.75) is 44.0 Å². The fourth-order valence-electron chi connectivity index (χ4n) is 2.94. The molecule has 1 aliphatic carbocycles. The Morgan fingerprint density at radius 1 is 1.29 bits per heavy atom. The van der Waals surface area contributed by atoms with E-state index in [1.54, 1.807) is 0 Å². The number of halogens is 3. The minimum absolute atomic E-state index is 0.0642. The minimum atomic E-state index is -4.43. The van der Waals surface area contributed by atoms with Crippen LogP contribution in [0.15, 0.2) is 18.2 Å². The summed E-state index contributed by atoms with van der Waals surface area (Å²) in [5, 5.41) is 10.3. The second-order valence-electron chi connectivity index (χ2n) is 5.52. The molecular weight excluding hydrogens is 283 g/mol. The predicted octanol–water partition coefficient (Wildman–Crippen LogP) is 3.26. The molecule has 0 amide bonds.